The Morgan fingerprint density at radius 2 is 1.52 bits per heavy atom. The summed E-state index contributed by atoms with van der Waals surface area (Å²) in [6.07, 6.45) is 1.07. The molecule has 0 saturated heterocycles. The second-order valence-electron chi connectivity index (χ2n) is 7.72. The number of aryl methyl sites for hydroxylation is 1. The first-order valence-electron chi connectivity index (χ1n) is 9.20. The summed E-state index contributed by atoms with van der Waals surface area (Å²) >= 11 is 0. The van der Waals surface area contributed by atoms with Gasteiger partial charge in [-0.15, -0.1) is 0 Å². The molecule has 1 aliphatic carbocycles. The molecule has 0 saturated carbocycles. The molecule has 0 aromatic heterocycles. The summed E-state index contributed by atoms with van der Waals surface area (Å²) in [6, 6.07) is 25.1. The van der Waals surface area contributed by atoms with Crippen LogP contribution >= 0.6 is 0 Å². The van der Waals surface area contributed by atoms with Crippen molar-refractivity contribution in [3.63, 3.8) is 0 Å². The zero-order valence-electron chi connectivity index (χ0n) is 15.1. The first-order valence-corrected chi connectivity index (χ1v) is 9.20. The molecule has 4 aromatic rings. The van der Waals surface area contributed by atoms with Gasteiger partial charge in [-0.3, -0.25) is 0 Å². The molecule has 0 heteroatoms. The zero-order valence-corrected chi connectivity index (χ0v) is 15.1. The van der Waals surface area contributed by atoms with Gasteiger partial charge < -0.3 is 0 Å². The van der Waals surface area contributed by atoms with E-state index in [0.717, 1.165) is 6.42 Å². The number of fused-ring (bicyclic) bond motifs is 6. The first-order chi connectivity index (χ1) is 12.1. The van der Waals surface area contributed by atoms with Gasteiger partial charge in [-0.05, 0) is 67.9 Å². The molecule has 0 nitrogen and oxygen atoms in total. The van der Waals surface area contributed by atoms with Gasteiger partial charge in [0, 0.05) is 5.41 Å². The maximum atomic E-state index is 2.43. The van der Waals surface area contributed by atoms with Gasteiger partial charge in [0.1, 0.15) is 0 Å². The molecule has 0 aliphatic heterocycles. The lowest BCUT2D eigenvalue weighted by molar-refractivity contribution is 0.661. The van der Waals surface area contributed by atoms with Crippen LogP contribution in [0.5, 0.6) is 0 Å². The van der Waals surface area contributed by atoms with Crippen LogP contribution in [-0.4, -0.2) is 0 Å². The van der Waals surface area contributed by atoms with Gasteiger partial charge in [0.15, 0.2) is 0 Å². The summed E-state index contributed by atoms with van der Waals surface area (Å²) < 4.78 is 0. The van der Waals surface area contributed by atoms with E-state index in [0.29, 0.717) is 0 Å². The highest BCUT2D eigenvalue weighted by atomic mass is 14.4. The predicted octanol–water partition coefficient (Wildman–Crippen LogP) is 6.86. The molecule has 0 unspecified atom stereocenters. The molecule has 0 fully saturated rings. The van der Waals surface area contributed by atoms with E-state index in [9.17, 15) is 0 Å². The lowest BCUT2D eigenvalue weighted by Crippen LogP contribution is -2.14. The number of hydrogen-bond donors (Lipinski definition) is 0. The van der Waals surface area contributed by atoms with Crippen molar-refractivity contribution < 1.29 is 0 Å². The van der Waals surface area contributed by atoms with Gasteiger partial charge in [0.25, 0.3) is 0 Å². The van der Waals surface area contributed by atoms with Crippen LogP contribution in [0.15, 0.2) is 66.7 Å². The van der Waals surface area contributed by atoms with Crippen LogP contribution in [0.2, 0.25) is 0 Å². The molecule has 0 amide bonds. The zero-order chi connectivity index (χ0) is 17.2. The third-order valence-electron chi connectivity index (χ3n) is 6.05. The van der Waals surface area contributed by atoms with Crippen molar-refractivity contribution in [2.24, 2.45) is 0 Å². The highest BCUT2D eigenvalue weighted by Gasteiger charge is 2.35. The van der Waals surface area contributed by atoms with Crippen LogP contribution in [0.25, 0.3) is 32.7 Å². The molecule has 5 rings (SSSR count). The minimum Gasteiger partial charge on any atom is -0.0619 e. The Labute approximate surface area is 149 Å². The second kappa shape index (κ2) is 4.95. The number of hydrogen-bond acceptors (Lipinski definition) is 0. The maximum absolute atomic E-state index is 2.43. The molecule has 0 heterocycles. The first kappa shape index (κ1) is 14.7. The third-order valence-corrected chi connectivity index (χ3v) is 6.05. The van der Waals surface area contributed by atoms with E-state index in [-0.39, 0.29) is 5.41 Å². The van der Waals surface area contributed by atoms with Crippen LogP contribution in [0.4, 0.5) is 0 Å². The fraction of sp³-hybridized carbons (Fsp3) is 0.200. The van der Waals surface area contributed by atoms with E-state index in [4.69, 9.17) is 0 Å². The molecule has 0 spiro atoms. The predicted molar refractivity (Wildman–Crippen MR) is 108 cm³/mol. The van der Waals surface area contributed by atoms with Crippen LogP contribution in [0.3, 0.4) is 0 Å². The van der Waals surface area contributed by atoms with Crippen LogP contribution < -0.4 is 0 Å². The largest absolute Gasteiger partial charge is 0.0619 e. The quantitative estimate of drug-likeness (QED) is 0.336. The monoisotopic (exact) mass is 322 g/mol. The summed E-state index contributed by atoms with van der Waals surface area (Å²) in [5.41, 5.74) is 7.20. The SMILES string of the molecule is CCc1cccc2c1ccc1cc3c(cc12)-c1ccccc1C3(C)C. The molecule has 25 heavy (non-hydrogen) atoms. The minimum absolute atomic E-state index is 0.0698. The fourth-order valence-corrected chi connectivity index (χ4v) is 4.66. The van der Waals surface area contributed by atoms with E-state index in [1.807, 2.05) is 0 Å². The van der Waals surface area contributed by atoms with Gasteiger partial charge in [0.2, 0.25) is 0 Å². The Bertz CT molecular complexity index is 1150. The van der Waals surface area contributed by atoms with Crippen molar-refractivity contribution in [3.05, 3.63) is 83.4 Å². The van der Waals surface area contributed by atoms with E-state index in [2.05, 4.69) is 87.5 Å². The molecular weight excluding hydrogens is 300 g/mol. The topological polar surface area (TPSA) is 0 Å². The Balaban J connectivity index is 1.92. The number of rotatable bonds is 1. The summed E-state index contributed by atoms with van der Waals surface area (Å²) in [5.74, 6) is 0. The van der Waals surface area contributed by atoms with Crippen molar-refractivity contribution in [2.45, 2.75) is 32.6 Å². The lowest BCUT2D eigenvalue weighted by Gasteiger charge is -2.21. The van der Waals surface area contributed by atoms with Crippen molar-refractivity contribution in [3.8, 4) is 11.1 Å². The Kier molecular flexibility index (Phi) is 2.92. The summed E-state index contributed by atoms with van der Waals surface area (Å²) in [6.45, 7) is 6.93. The summed E-state index contributed by atoms with van der Waals surface area (Å²) in [7, 11) is 0. The average Bonchev–Trinajstić information content (AvgIpc) is 2.87. The van der Waals surface area contributed by atoms with Gasteiger partial charge in [0.05, 0.1) is 0 Å². The molecule has 0 radical (unpaired) electrons. The Hall–Kier alpha value is -2.60. The van der Waals surface area contributed by atoms with Crippen molar-refractivity contribution in [1.29, 1.82) is 0 Å². The highest BCUT2D eigenvalue weighted by Crippen LogP contribution is 2.50. The second-order valence-corrected chi connectivity index (χ2v) is 7.72. The van der Waals surface area contributed by atoms with Crippen molar-refractivity contribution in [2.75, 3.05) is 0 Å². The Morgan fingerprint density at radius 1 is 0.680 bits per heavy atom. The normalized spacial score (nSPS) is 14.7. The van der Waals surface area contributed by atoms with Crippen LogP contribution in [-0.2, 0) is 11.8 Å². The highest BCUT2D eigenvalue weighted by molar-refractivity contribution is 6.10. The molecule has 1 aliphatic rings. The number of benzene rings is 4. The molecule has 0 bridgehead atoms. The van der Waals surface area contributed by atoms with Crippen LogP contribution in [0.1, 0.15) is 37.5 Å². The molecular formula is C25H22. The maximum Gasteiger partial charge on any atom is 0.0159 e. The van der Waals surface area contributed by atoms with Crippen molar-refractivity contribution in [1.82, 2.24) is 0 Å². The average molecular weight is 322 g/mol. The van der Waals surface area contributed by atoms with E-state index in [1.165, 1.54) is 49.4 Å². The van der Waals surface area contributed by atoms with Crippen LogP contribution in [0, 0.1) is 0 Å². The van der Waals surface area contributed by atoms with E-state index >= 15 is 0 Å². The molecule has 122 valence electrons. The summed E-state index contributed by atoms with van der Waals surface area (Å²) in [4.78, 5) is 0. The third kappa shape index (κ3) is 1.88. The minimum atomic E-state index is 0.0698. The summed E-state index contributed by atoms with van der Waals surface area (Å²) in [5, 5.41) is 5.49. The van der Waals surface area contributed by atoms with E-state index < -0.39 is 0 Å². The fourth-order valence-electron chi connectivity index (χ4n) is 4.66. The van der Waals surface area contributed by atoms with Gasteiger partial charge in [-0.2, -0.15) is 0 Å². The Morgan fingerprint density at radius 3 is 2.36 bits per heavy atom. The van der Waals surface area contributed by atoms with E-state index in [1.54, 1.807) is 0 Å². The molecule has 4 aromatic carbocycles. The lowest BCUT2D eigenvalue weighted by atomic mass is 9.81. The van der Waals surface area contributed by atoms with Gasteiger partial charge in [-0.1, -0.05) is 75.4 Å². The molecule has 0 N–H and O–H groups in total. The van der Waals surface area contributed by atoms with Gasteiger partial charge >= 0.3 is 0 Å². The smallest absolute Gasteiger partial charge is 0.0159 e. The van der Waals surface area contributed by atoms with Crippen molar-refractivity contribution >= 4 is 21.5 Å². The standard InChI is InChI=1S/C25H22/c1-4-16-8-7-10-19-18(16)13-12-17-14-24-22(15-21(17)19)20-9-5-6-11-23(20)25(24,2)3/h5-15H,4H2,1-3H3. The van der Waals surface area contributed by atoms with Gasteiger partial charge in [-0.25, -0.2) is 0 Å². The molecule has 0 atom stereocenters.